The maximum Gasteiger partial charge on any atom is 0.144 e. The zero-order valence-electron chi connectivity index (χ0n) is 8.55. The molecule has 0 aromatic heterocycles. The van der Waals surface area contributed by atoms with Gasteiger partial charge in [-0.1, -0.05) is 6.42 Å². The van der Waals surface area contributed by atoms with Crippen LogP contribution in [0, 0.1) is 0 Å². The van der Waals surface area contributed by atoms with E-state index in [1.54, 1.807) is 0 Å². The summed E-state index contributed by atoms with van der Waals surface area (Å²) in [5, 5.41) is 11.5. The summed E-state index contributed by atoms with van der Waals surface area (Å²) >= 11 is 0. The van der Waals surface area contributed by atoms with E-state index in [1.165, 1.54) is 24.3 Å². The van der Waals surface area contributed by atoms with Crippen LogP contribution in [0.25, 0.3) is 0 Å². The van der Waals surface area contributed by atoms with Crippen LogP contribution >= 0.6 is 0 Å². The minimum Gasteiger partial charge on any atom is -0.356 e. The maximum atomic E-state index is 10.0. The molecule has 0 aromatic rings. The molecule has 0 radical (unpaired) electrons. The Morgan fingerprint density at radius 2 is 1.77 bits per heavy atom. The van der Waals surface area contributed by atoms with Crippen molar-refractivity contribution in [2.45, 2.75) is 57.2 Å². The van der Waals surface area contributed by atoms with Crippen molar-refractivity contribution in [1.82, 2.24) is 5.06 Å². The van der Waals surface area contributed by atoms with Gasteiger partial charge in [-0.15, -0.1) is 0 Å². The Kier molecular flexibility index (Phi) is 2.13. The van der Waals surface area contributed by atoms with Crippen molar-refractivity contribution in [2.75, 3.05) is 6.61 Å². The van der Waals surface area contributed by atoms with Crippen LogP contribution in [-0.2, 0) is 4.74 Å². The fourth-order valence-electron chi connectivity index (χ4n) is 2.45. The predicted molar refractivity (Wildman–Crippen MR) is 49.5 cm³/mol. The van der Waals surface area contributed by atoms with Crippen molar-refractivity contribution in [3.63, 3.8) is 0 Å². The molecule has 1 aliphatic heterocycles. The molecule has 3 heteroatoms. The van der Waals surface area contributed by atoms with E-state index in [9.17, 15) is 5.21 Å². The summed E-state index contributed by atoms with van der Waals surface area (Å²) in [5.74, 6) is 0. The third-order valence-corrected chi connectivity index (χ3v) is 3.29. The van der Waals surface area contributed by atoms with E-state index >= 15 is 0 Å². The lowest BCUT2D eigenvalue weighted by atomic mass is 9.90. The third kappa shape index (κ3) is 1.39. The standard InChI is InChI=1S/C10H19NO2/c1-9(2)8-13-10(11(9)12)6-4-3-5-7-10/h12H,3-8H2,1-2H3. The largest absolute Gasteiger partial charge is 0.356 e. The van der Waals surface area contributed by atoms with E-state index in [1.807, 2.05) is 13.8 Å². The number of hydrogen-bond donors (Lipinski definition) is 1. The van der Waals surface area contributed by atoms with Crippen molar-refractivity contribution in [3.05, 3.63) is 0 Å². The maximum absolute atomic E-state index is 10.0. The highest BCUT2D eigenvalue weighted by atomic mass is 16.6. The van der Waals surface area contributed by atoms with Gasteiger partial charge in [0.25, 0.3) is 0 Å². The van der Waals surface area contributed by atoms with Crippen molar-refractivity contribution < 1.29 is 9.94 Å². The third-order valence-electron chi connectivity index (χ3n) is 3.29. The number of rotatable bonds is 0. The van der Waals surface area contributed by atoms with Crippen LogP contribution in [0.2, 0.25) is 0 Å². The summed E-state index contributed by atoms with van der Waals surface area (Å²) in [6.45, 7) is 4.69. The molecule has 1 N–H and O–H groups in total. The molecule has 0 amide bonds. The predicted octanol–water partition coefficient (Wildman–Crippen LogP) is 2.15. The molecule has 1 saturated carbocycles. The second-order valence-corrected chi connectivity index (χ2v) is 4.92. The molecule has 1 spiro atoms. The summed E-state index contributed by atoms with van der Waals surface area (Å²) in [5.41, 5.74) is -0.556. The minimum atomic E-state index is -0.345. The molecular formula is C10H19NO2. The summed E-state index contributed by atoms with van der Waals surface area (Å²) in [6.07, 6.45) is 5.58. The van der Waals surface area contributed by atoms with Crippen molar-refractivity contribution in [3.8, 4) is 0 Å². The minimum absolute atomic E-state index is 0.211. The number of hydrogen-bond acceptors (Lipinski definition) is 3. The SMILES string of the molecule is CC1(C)COC2(CCCCC2)N1O. The molecular weight excluding hydrogens is 166 g/mol. The molecule has 13 heavy (non-hydrogen) atoms. The quantitative estimate of drug-likeness (QED) is 0.627. The second kappa shape index (κ2) is 2.94. The van der Waals surface area contributed by atoms with Crippen LogP contribution in [0.3, 0.4) is 0 Å². The fraction of sp³-hybridized carbons (Fsp3) is 1.00. The Morgan fingerprint density at radius 1 is 1.15 bits per heavy atom. The van der Waals surface area contributed by atoms with E-state index in [-0.39, 0.29) is 11.3 Å². The fourth-order valence-corrected chi connectivity index (χ4v) is 2.45. The van der Waals surface area contributed by atoms with Crippen LogP contribution in [0.5, 0.6) is 0 Å². The first kappa shape index (κ1) is 9.44. The average molecular weight is 185 g/mol. The molecule has 76 valence electrons. The number of hydroxylamine groups is 2. The van der Waals surface area contributed by atoms with Gasteiger partial charge in [0.05, 0.1) is 12.1 Å². The molecule has 0 aromatic carbocycles. The molecule has 2 aliphatic rings. The molecule has 1 saturated heterocycles. The number of nitrogens with zero attached hydrogens (tertiary/aromatic N) is 1. The lowest BCUT2D eigenvalue weighted by molar-refractivity contribution is -0.260. The molecule has 3 nitrogen and oxygen atoms in total. The van der Waals surface area contributed by atoms with Crippen LogP contribution in [0.4, 0.5) is 0 Å². The van der Waals surface area contributed by atoms with Gasteiger partial charge in [-0.2, -0.15) is 5.06 Å². The Morgan fingerprint density at radius 3 is 2.23 bits per heavy atom. The van der Waals surface area contributed by atoms with Crippen molar-refractivity contribution >= 4 is 0 Å². The molecule has 1 aliphatic carbocycles. The average Bonchev–Trinajstić information content (AvgIpc) is 2.33. The van der Waals surface area contributed by atoms with E-state index in [0.29, 0.717) is 6.61 Å². The second-order valence-electron chi connectivity index (χ2n) is 4.92. The molecule has 2 fully saturated rings. The monoisotopic (exact) mass is 185 g/mol. The smallest absolute Gasteiger partial charge is 0.144 e. The topological polar surface area (TPSA) is 32.7 Å². The molecule has 0 bridgehead atoms. The zero-order chi connectivity index (χ0) is 9.53. The van der Waals surface area contributed by atoms with Crippen LogP contribution in [0.15, 0.2) is 0 Å². The first-order valence-electron chi connectivity index (χ1n) is 5.20. The van der Waals surface area contributed by atoms with E-state index < -0.39 is 0 Å². The first-order valence-corrected chi connectivity index (χ1v) is 5.20. The van der Waals surface area contributed by atoms with Crippen molar-refractivity contribution in [1.29, 1.82) is 0 Å². The van der Waals surface area contributed by atoms with Crippen LogP contribution in [-0.4, -0.2) is 28.1 Å². The molecule has 1 heterocycles. The van der Waals surface area contributed by atoms with Crippen LogP contribution in [0.1, 0.15) is 46.0 Å². The molecule has 0 atom stereocenters. The highest BCUT2D eigenvalue weighted by Gasteiger charge is 2.51. The van der Waals surface area contributed by atoms with Gasteiger partial charge in [-0.05, 0) is 39.5 Å². The van der Waals surface area contributed by atoms with Gasteiger partial charge in [-0.25, -0.2) is 0 Å². The number of ether oxygens (including phenoxy) is 1. The lowest BCUT2D eigenvalue weighted by Gasteiger charge is -2.39. The molecule has 2 rings (SSSR count). The van der Waals surface area contributed by atoms with E-state index in [2.05, 4.69) is 0 Å². The van der Waals surface area contributed by atoms with E-state index in [4.69, 9.17) is 4.74 Å². The van der Waals surface area contributed by atoms with Gasteiger partial charge < -0.3 is 9.94 Å². The highest BCUT2D eigenvalue weighted by molar-refractivity contribution is 4.94. The molecule has 0 unspecified atom stereocenters. The van der Waals surface area contributed by atoms with Gasteiger partial charge in [-0.3, -0.25) is 0 Å². The summed E-state index contributed by atoms with van der Waals surface area (Å²) in [4.78, 5) is 0. The lowest BCUT2D eigenvalue weighted by Crippen LogP contribution is -2.51. The van der Waals surface area contributed by atoms with Crippen LogP contribution < -0.4 is 0 Å². The highest BCUT2D eigenvalue weighted by Crippen LogP contribution is 2.42. The Labute approximate surface area is 79.6 Å². The van der Waals surface area contributed by atoms with Gasteiger partial charge in [0.2, 0.25) is 0 Å². The summed E-state index contributed by atoms with van der Waals surface area (Å²) in [7, 11) is 0. The van der Waals surface area contributed by atoms with Crippen molar-refractivity contribution in [2.24, 2.45) is 0 Å². The normalized spacial score (nSPS) is 32.5. The van der Waals surface area contributed by atoms with Gasteiger partial charge in [0.15, 0.2) is 0 Å². The van der Waals surface area contributed by atoms with Gasteiger partial charge in [0, 0.05) is 0 Å². The Hall–Kier alpha value is -0.120. The summed E-state index contributed by atoms with van der Waals surface area (Å²) < 4.78 is 5.78. The summed E-state index contributed by atoms with van der Waals surface area (Å²) in [6, 6.07) is 0. The Balaban J connectivity index is 2.15. The van der Waals surface area contributed by atoms with Gasteiger partial charge >= 0.3 is 0 Å². The Bertz CT molecular complexity index is 197. The first-order chi connectivity index (χ1) is 6.07. The van der Waals surface area contributed by atoms with Gasteiger partial charge in [0.1, 0.15) is 5.72 Å². The zero-order valence-corrected chi connectivity index (χ0v) is 8.55. The van der Waals surface area contributed by atoms with E-state index in [0.717, 1.165) is 12.8 Å².